The van der Waals surface area contributed by atoms with Crippen molar-refractivity contribution in [3.8, 4) is 5.75 Å². The SMILES string of the molecule is CC(C)(C)C1(NS(=O)(=O)CCc2ccc(F)cc2O)C=CC=CC1S(N)(=O)=O. The molecule has 2 atom stereocenters. The highest BCUT2D eigenvalue weighted by Crippen LogP contribution is 2.40. The Labute approximate surface area is 165 Å². The molecule has 0 saturated carbocycles. The first kappa shape index (κ1) is 22.5. The number of primary sulfonamides is 1. The lowest BCUT2D eigenvalue weighted by Crippen LogP contribution is -2.66. The first-order chi connectivity index (χ1) is 12.7. The van der Waals surface area contributed by atoms with E-state index in [-0.39, 0.29) is 17.7 Å². The Hall–Kier alpha value is -1.75. The van der Waals surface area contributed by atoms with Crippen LogP contribution in [0.4, 0.5) is 4.39 Å². The van der Waals surface area contributed by atoms with Crippen molar-refractivity contribution in [2.45, 2.75) is 38.0 Å². The first-order valence-electron chi connectivity index (χ1n) is 8.55. The average Bonchev–Trinajstić information content (AvgIpc) is 2.52. The second-order valence-corrected chi connectivity index (χ2v) is 11.3. The minimum atomic E-state index is -4.11. The van der Waals surface area contributed by atoms with Gasteiger partial charge in [0.15, 0.2) is 0 Å². The van der Waals surface area contributed by atoms with Gasteiger partial charge in [-0.1, -0.05) is 51.1 Å². The minimum absolute atomic E-state index is 0.0821. The second kappa shape index (κ2) is 7.58. The number of aryl methyl sites for hydroxylation is 1. The number of nitrogens with two attached hydrogens (primary N) is 1. The van der Waals surface area contributed by atoms with E-state index >= 15 is 0 Å². The number of aromatic hydroxyl groups is 1. The number of sulfonamides is 2. The maximum Gasteiger partial charge on any atom is 0.217 e. The number of halogens is 1. The number of allylic oxidation sites excluding steroid dienone is 2. The van der Waals surface area contributed by atoms with Gasteiger partial charge in [-0.2, -0.15) is 0 Å². The Kier molecular flexibility index (Phi) is 6.10. The van der Waals surface area contributed by atoms with Crippen LogP contribution in [-0.4, -0.2) is 38.5 Å². The van der Waals surface area contributed by atoms with Gasteiger partial charge in [-0.15, -0.1) is 0 Å². The molecule has 10 heteroatoms. The van der Waals surface area contributed by atoms with Crippen molar-refractivity contribution < 1.29 is 26.3 Å². The summed E-state index contributed by atoms with van der Waals surface area (Å²) in [5, 5.41) is 13.9. The Balaban J connectivity index is 2.36. The molecule has 28 heavy (non-hydrogen) atoms. The van der Waals surface area contributed by atoms with E-state index in [1.54, 1.807) is 26.8 Å². The predicted octanol–water partition coefficient (Wildman–Crippen LogP) is 1.56. The molecule has 1 aromatic rings. The fourth-order valence-electron chi connectivity index (χ4n) is 3.21. The number of hydrogen-bond donors (Lipinski definition) is 3. The lowest BCUT2D eigenvalue weighted by atomic mass is 9.70. The van der Waals surface area contributed by atoms with Crippen LogP contribution < -0.4 is 9.86 Å². The van der Waals surface area contributed by atoms with Crippen LogP contribution in [0.1, 0.15) is 26.3 Å². The molecule has 0 amide bonds. The highest BCUT2D eigenvalue weighted by Gasteiger charge is 2.52. The van der Waals surface area contributed by atoms with E-state index in [0.29, 0.717) is 0 Å². The Morgan fingerprint density at radius 1 is 1.21 bits per heavy atom. The van der Waals surface area contributed by atoms with Gasteiger partial charge in [-0.3, -0.25) is 0 Å². The fourth-order valence-corrected chi connectivity index (χ4v) is 6.21. The third-order valence-electron chi connectivity index (χ3n) is 4.81. The van der Waals surface area contributed by atoms with Crippen LogP contribution in [0.3, 0.4) is 0 Å². The van der Waals surface area contributed by atoms with E-state index in [9.17, 15) is 26.3 Å². The van der Waals surface area contributed by atoms with Gasteiger partial charge >= 0.3 is 0 Å². The summed E-state index contributed by atoms with van der Waals surface area (Å²) >= 11 is 0. The molecule has 1 aliphatic rings. The molecular formula is C18H25FN2O5S2. The molecule has 0 fully saturated rings. The van der Waals surface area contributed by atoms with Gasteiger partial charge in [0, 0.05) is 6.07 Å². The van der Waals surface area contributed by atoms with E-state index < -0.39 is 47.8 Å². The maximum absolute atomic E-state index is 13.1. The van der Waals surface area contributed by atoms with Gasteiger partial charge in [0.25, 0.3) is 0 Å². The number of hydrogen-bond acceptors (Lipinski definition) is 5. The van der Waals surface area contributed by atoms with Crippen molar-refractivity contribution in [2.75, 3.05) is 5.75 Å². The summed E-state index contributed by atoms with van der Waals surface area (Å²) in [5.41, 5.74) is -2.08. The predicted molar refractivity (Wildman–Crippen MR) is 106 cm³/mol. The van der Waals surface area contributed by atoms with Crippen molar-refractivity contribution in [3.05, 3.63) is 53.9 Å². The minimum Gasteiger partial charge on any atom is -0.508 e. The second-order valence-electron chi connectivity index (χ2n) is 7.82. The highest BCUT2D eigenvalue weighted by atomic mass is 32.2. The van der Waals surface area contributed by atoms with Crippen molar-refractivity contribution in [1.82, 2.24) is 4.72 Å². The molecule has 4 N–H and O–H groups in total. The number of nitrogens with one attached hydrogen (secondary N) is 1. The Morgan fingerprint density at radius 2 is 1.86 bits per heavy atom. The maximum atomic E-state index is 13.1. The van der Waals surface area contributed by atoms with E-state index in [1.165, 1.54) is 24.3 Å². The van der Waals surface area contributed by atoms with Gasteiger partial charge in [0.2, 0.25) is 20.0 Å². The van der Waals surface area contributed by atoms with Crippen LogP contribution in [0.5, 0.6) is 5.75 Å². The molecule has 156 valence electrons. The molecule has 7 nitrogen and oxygen atoms in total. The molecule has 1 aliphatic carbocycles. The molecule has 0 bridgehead atoms. The van der Waals surface area contributed by atoms with Gasteiger partial charge in [-0.05, 0) is 23.5 Å². The zero-order valence-corrected chi connectivity index (χ0v) is 17.5. The lowest BCUT2D eigenvalue weighted by molar-refractivity contribution is 0.221. The quantitative estimate of drug-likeness (QED) is 0.629. The molecule has 1 aromatic carbocycles. The monoisotopic (exact) mass is 432 g/mol. The average molecular weight is 433 g/mol. The summed E-state index contributed by atoms with van der Waals surface area (Å²) < 4.78 is 65.6. The summed E-state index contributed by atoms with van der Waals surface area (Å²) in [6.07, 6.45) is 5.84. The molecule has 0 aromatic heterocycles. The standard InChI is InChI=1S/C18H25FN2O5S2/c1-17(2,3)18(10-5-4-6-16(18)28(20,25)26)21-27(23,24)11-9-13-7-8-14(19)12-15(13)22/h4-8,10,12,16,21-22H,9,11H2,1-3H3,(H2,20,25,26). The summed E-state index contributed by atoms with van der Waals surface area (Å²) in [6, 6.07) is 3.32. The molecule has 0 saturated heterocycles. The van der Waals surface area contributed by atoms with Gasteiger partial charge in [0.05, 0.1) is 11.3 Å². The Bertz CT molecular complexity index is 1010. The molecule has 0 aliphatic heterocycles. The molecule has 0 heterocycles. The molecule has 0 spiro atoms. The zero-order chi connectivity index (χ0) is 21.4. The van der Waals surface area contributed by atoms with E-state index in [1.807, 2.05) is 0 Å². The van der Waals surface area contributed by atoms with E-state index in [2.05, 4.69) is 4.72 Å². The normalized spacial score (nSPS) is 23.1. The highest BCUT2D eigenvalue weighted by molar-refractivity contribution is 7.90. The van der Waals surface area contributed by atoms with Gasteiger partial charge in [0.1, 0.15) is 16.8 Å². The van der Waals surface area contributed by atoms with Crippen LogP contribution in [0, 0.1) is 11.2 Å². The smallest absolute Gasteiger partial charge is 0.217 e. The van der Waals surface area contributed by atoms with Crippen molar-refractivity contribution >= 4 is 20.0 Å². The Morgan fingerprint density at radius 3 is 2.39 bits per heavy atom. The van der Waals surface area contributed by atoms with E-state index in [0.717, 1.165) is 12.1 Å². The largest absolute Gasteiger partial charge is 0.508 e. The number of phenols is 1. The first-order valence-corrected chi connectivity index (χ1v) is 11.8. The fraction of sp³-hybridized carbons (Fsp3) is 0.444. The van der Waals surface area contributed by atoms with E-state index in [4.69, 9.17) is 5.14 Å². The number of rotatable bonds is 6. The van der Waals surface area contributed by atoms with Crippen molar-refractivity contribution in [3.63, 3.8) is 0 Å². The van der Waals surface area contributed by atoms with Crippen LogP contribution in [0.25, 0.3) is 0 Å². The van der Waals surface area contributed by atoms with Crippen LogP contribution >= 0.6 is 0 Å². The molecule has 2 unspecified atom stereocenters. The topological polar surface area (TPSA) is 127 Å². The van der Waals surface area contributed by atoms with Crippen molar-refractivity contribution in [1.29, 1.82) is 0 Å². The van der Waals surface area contributed by atoms with Crippen LogP contribution in [-0.2, 0) is 26.5 Å². The lowest BCUT2D eigenvalue weighted by Gasteiger charge is -2.47. The van der Waals surface area contributed by atoms with Crippen molar-refractivity contribution in [2.24, 2.45) is 10.6 Å². The van der Waals surface area contributed by atoms with Gasteiger partial charge < -0.3 is 5.11 Å². The van der Waals surface area contributed by atoms with Gasteiger partial charge in [-0.25, -0.2) is 31.1 Å². The third kappa shape index (κ3) is 4.80. The zero-order valence-electron chi connectivity index (χ0n) is 15.9. The summed E-state index contributed by atoms with van der Waals surface area (Å²) in [4.78, 5) is 0. The van der Waals surface area contributed by atoms with Crippen LogP contribution in [0.15, 0.2) is 42.5 Å². The number of benzene rings is 1. The van der Waals surface area contributed by atoms with Crippen LogP contribution in [0.2, 0.25) is 0 Å². The summed E-state index contributed by atoms with van der Waals surface area (Å²) in [6.45, 7) is 5.13. The molecule has 0 radical (unpaired) electrons. The summed E-state index contributed by atoms with van der Waals surface area (Å²) in [5.74, 6) is -1.41. The number of phenolic OH excluding ortho intramolecular Hbond substituents is 1. The molecular weight excluding hydrogens is 407 g/mol. The summed E-state index contributed by atoms with van der Waals surface area (Å²) in [7, 11) is -8.12. The molecule has 2 rings (SSSR count). The third-order valence-corrected chi connectivity index (χ3v) is 7.44.